The molecule has 3 N–H and O–H groups in total. The van der Waals surface area contributed by atoms with Crippen molar-refractivity contribution in [3.8, 4) is 0 Å². The van der Waals surface area contributed by atoms with Gasteiger partial charge in [0.2, 0.25) is 0 Å². The molecule has 2 aromatic rings. The number of aromatic carboxylic acids is 1. The van der Waals surface area contributed by atoms with Crippen LogP contribution in [0, 0.1) is 6.92 Å². The minimum Gasteiger partial charge on any atom is -0.477 e. The van der Waals surface area contributed by atoms with Gasteiger partial charge in [-0.1, -0.05) is 11.6 Å². The molecule has 2 aromatic heterocycles. The van der Waals surface area contributed by atoms with Gasteiger partial charge in [0.15, 0.2) is 0 Å². The zero-order chi connectivity index (χ0) is 14.0. The van der Waals surface area contributed by atoms with E-state index in [4.69, 9.17) is 16.7 Å². The van der Waals surface area contributed by atoms with Crippen molar-refractivity contribution >= 4 is 29.2 Å². The first-order chi connectivity index (χ1) is 8.97. The third-order valence-electron chi connectivity index (χ3n) is 2.27. The Labute approximate surface area is 112 Å². The number of carbonyl (C=O) groups excluding carboxylic acids is 1. The van der Waals surface area contributed by atoms with Crippen LogP contribution in [0.5, 0.6) is 0 Å². The SMILES string of the molecule is Cc1cc(NC(=O)c2cnc(Cl)cn2)c(C(=O)O)[nH]1. The van der Waals surface area contributed by atoms with E-state index in [9.17, 15) is 9.59 Å². The summed E-state index contributed by atoms with van der Waals surface area (Å²) in [6, 6.07) is 1.52. The summed E-state index contributed by atoms with van der Waals surface area (Å²) in [6.45, 7) is 1.68. The van der Waals surface area contributed by atoms with Gasteiger partial charge in [-0.05, 0) is 13.0 Å². The van der Waals surface area contributed by atoms with Gasteiger partial charge in [-0.3, -0.25) is 4.79 Å². The second kappa shape index (κ2) is 5.07. The number of halogens is 1. The van der Waals surface area contributed by atoms with Crippen LogP contribution in [0.15, 0.2) is 18.5 Å². The van der Waals surface area contributed by atoms with Crippen LogP contribution in [0.2, 0.25) is 5.15 Å². The number of carbonyl (C=O) groups is 2. The summed E-state index contributed by atoms with van der Waals surface area (Å²) >= 11 is 5.56. The van der Waals surface area contributed by atoms with Crippen LogP contribution in [0.4, 0.5) is 5.69 Å². The molecule has 0 aliphatic heterocycles. The molecule has 1 amide bonds. The molecule has 0 bridgehead atoms. The Balaban J connectivity index is 2.24. The van der Waals surface area contributed by atoms with E-state index in [2.05, 4.69) is 20.3 Å². The smallest absolute Gasteiger partial charge is 0.354 e. The van der Waals surface area contributed by atoms with E-state index < -0.39 is 11.9 Å². The van der Waals surface area contributed by atoms with Crippen molar-refractivity contribution in [3.05, 3.63) is 40.7 Å². The monoisotopic (exact) mass is 280 g/mol. The molecule has 19 heavy (non-hydrogen) atoms. The number of carboxylic acids is 1. The van der Waals surface area contributed by atoms with E-state index in [0.717, 1.165) is 0 Å². The number of nitrogens with zero attached hydrogens (tertiary/aromatic N) is 2. The van der Waals surface area contributed by atoms with Gasteiger partial charge in [-0.25, -0.2) is 14.8 Å². The number of hydrogen-bond acceptors (Lipinski definition) is 4. The van der Waals surface area contributed by atoms with Gasteiger partial charge >= 0.3 is 5.97 Å². The summed E-state index contributed by atoms with van der Waals surface area (Å²) in [6.07, 6.45) is 2.44. The second-order valence-electron chi connectivity index (χ2n) is 3.72. The topological polar surface area (TPSA) is 108 Å². The molecular weight excluding hydrogens is 272 g/mol. The molecular formula is C11H9ClN4O3. The Kier molecular flexibility index (Phi) is 3.48. The van der Waals surface area contributed by atoms with Crippen LogP contribution in [0.3, 0.4) is 0 Å². The Bertz CT molecular complexity index is 636. The summed E-state index contributed by atoms with van der Waals surface area (Å²) in [7, 11) is 0. The normalized spacial score (nSPS) is 10.2. The number of hydrogen-bond donors (Lipinski definition) is 3. The van der Waals surface area contributed by atoms with Crippen LogP contribution < -0.4 is 5.32 Å². The van der Waals surface area contributed by atoms with Crippen molar-refractivity contribution < 1.29 is 14.7 Å². The molecule has 2 heterocycles. The summed E-state index contributed by atoms with van der Waals surface area (Å²) in [5.41, 5.74) is 0.744. The number of aromatic nitrogens is 3. The van der Waals surface area contributed by atoms with E-state index in [0.29, 0.717) is 5.69 Å². The highest BCUT2D eigenvalue weighted by atomic mass is 35.5. The maximum absolute atomic E-state index is 11.8. The van der Waals surface area contributed by atoms with Crippen molar-refractivity contribution in [1.82, 2.24) is 15.0 Å². The lowest BCUT2D eigenvalue weighted by Crippen LogP contribution is -2.15. The Hall–Kier alpha value is -2.41. The van der Waals surface area contributed by atoms with Crippen molar-refractivity contribution in [2.75, 3.05) is 5.32 Å². The predicted octanol–water partition coefficient (Wildman–Crippen LogP) is 1.72. The molecule has 0 atom stereocenters. The van der Waals surface area contributed by atoms with Crippen molar-refractivity contribution in [1.29, 1.82) is 0 Å². The van der Waals surface area contributed by atoms with Crippen LogP contribution in [0.1, 0.15) is 26.7 Å². The molecule has 0 saturated carbocycles. The number of H-pyrrole nitrogens is 1. The van der Waals surface area contributed by atoms with Gasteiger partial charge in [-0.15, -0.1) is 0 Å². The Morgan fingerprint density at radius 1 is 1.37 bits per heavy atom. The first-order valence-electron chi connectivity index (χ1n) is 5.19. The van der Waals surface area contributed by atoms with Crippen molar-refractivity contribution in [2.24, 2.45) is 0 Å². The highest BCUT2D eigenvalue weighted by Crippen LogP contribution is 2.17. The fourth-order valence-electron chi connectivity index (χ4n) is 1.47. The summed E-state index contributed by atoms with van der Waals surface area (Å²) in [4.78, 5) is 33.0. The highest BCUT2D eigenvalue weighted by molar-refractivity contribution is 6.29. The molecule has 98 valence electrons. The first-order valence-corrected chi connectivity index (χ1v) is 5.57. The fraction of sp³-hybridized carbons (Fsp3) is 0.0909. The third-order valence-corrected chi connectivity index (χ3v) is 2.46. The maximum Gasteiger partial charge on any atom is 0.354 e. The standard InChI is InChI=1S/C11H9ClN4O3/c1-5-2-6(9(15-5)11(18)19)16-10(17)7-3-14-8(12)4-13-7/h2-4,15H,1H3,(H,16,17)(H,18,19). The number of amides is 1. The van der Waals surface area contributed by atoms with Crippen molar-refractivity contribution in [2.45, 2.75) is 6.92 Å². The molecule has 8 heteroatoms. The molecule has 0 aliphatic carbocycles. The molecule has 2 rings (SSSR count). The number of nitrogens with one attached hydrogen (secondary N) is 2. The zero-order valence-electron chi connectivity index (χ0n) is 9.77. The molecule has 0 aliphatic rings. The predicted molar refractivity (Wildman–Crippen MR) is 67.5 cm³/mol. The maximum atomic E-state index is 11.8. The molecule has 0 aromatic carbocycles. The van der Waals surface area contributed by atoms with Crippen LogP contribution >= 0.6 is 11.6 Å². The minimum atomic E-state index is -1.16. The lowest BCUT2D eigenvalue weighted by molar-refractivity contribution is 0.0692. The summed E-state index contributed by atoms with van der Waals surface area (Å²) in [5, 5.41) is 11.6. The van der Waals surface area contributed by atoms with Gasteiger partial charge in [0.05, 0.1) is 18.1 Å². The fourth-order valence-corrected chi connectivity index (χ4v) is 1.57. The van der Waals surface area contributed by atoms with E-state index in [-0.39, 0.29) is 22.2 Å². The lowest BCUT2D eigenvalue weighted by atomic mass is 10.3. The Morgan fingerprint density at radius 2 is 2.11 bits per heavy atom. The van der Waals surface area contributed by atoms with E-state index in [1.54, 1.807) is 6.92 Å². The quantitative estimate of drug-likeness (QED) is 0.793. The highest BCUT2D eigenvalue weighted by Gasteiger charge is 2.16. The van der Waals surface area contributed by atoms with Gasteiger partial charge in [0.1, 0.15) is 16.5 Å². The molecule has 0 unspecified atom stereocenters. The zero-order valence-corrected chi connectivity index (χ0v) is 10.5. The van der Waals surface area contributed by atoms with Gasteiger partial charge in [-0.2, -0.15) is 0 Å². The number of carboxylic acid groups (broad SMARTS) is 1. The van der Waals surface area contributed by atoms with E-state index in [1.807, 2.05) is 0 Å². The molecule has 0 fully saturated rings. The molecule has 0 radical (unpaired) electrons. The average molecular weight is 281 g/mol. The average Bonchev–Trinajstić information content (AvgIpc) is 2.71. The van der Waals surface area contributed by atoms with Crippen molar-refractivity contribution in [3.63, 3.8) is 0 Å². The van der Waals surface area contributed by atoms with Crippen LogP contribution in [0.25, 0.3) is 0 Å². The molecule has 0 spiro atoms. The van der Waals surface area contributed by atoms with Gasteiger partial charge in [0.25, 0.3) is 5.91 Å². The van der Waals surface area contributed by atoms with E-state index in [1.165, 1.54) is 18.5 Å². The first kappa shape index (κ1) is 13.0. The summed E-state index contributed by atoms with van der Waals surface area (Å²) in [5.74, 6) is -1.73. The Morgan fingerprint density at radius 3 is 2.68 bits per heavy atom. The van der Waals surface area contributed by atoms with Crippen LogP contribution in [-0.4, -0.2) is 31.9 Å². The second-order valence-corrected chi connectivity index (χ2v) is 4.11. The largest absolute Gasteiger partial charge is 0.477 e. The number of aromatic amines is 1. The lowest BCUT2D eigenvalue weighted by Gasteiger charge is -2.03. The third kappa shape index (κ3) is 2.89. The van der Waals surface area contributed by atoms with Gasteiger partial charge < -0.3 is 15.4 Å². The van der Waals surface area contributed by atoms with Crippen LogP contribution in [-0.2, 0) is 0 Å². The molecule has 0 saturated heterocycles. The number of aryl methyl sites for hydroxylation is 1. The van der Waals surface area contributed by atoms with E-state index >= 15 is 0 Å². The minimum absolute atomic E-state index is 0.0413. The van der Waals surface area contributed by atoms with Gasteiger partial charge in [0, 0.05) is 5.69 Å². The number of rotatable bonds is 3. The summed E-state index contributed by atoms with van der Waals surface area (Å²) < 4.78 is 0. The molecule has 7 nitrogen and oxygen atoms in total. The number of anilines is 1.